The van der Waals surface area contributed by atoms with E-state index in [1.165, 1.54) is 0 Å². The average Bonchev–Trinajstić information content (AvgIpc) is 3.03. The third-order valence-corrected chi connectivity index (χ3v) is 4.35. The third kappa shape index (κ3) is 3.01. The molecule has 2 heterocycles. The Hall–Kier alpha value is -2.14. The van der Waals surface area contributed by atoms with E-state index < -0.39 is 0 Å². The van der Waals surface area contributed by atoms with Gasteiger partial charge in [0.05, 0.1) is 24.4 Å². The summed E-state index contributed by atoms with van der Waals surface area (Å²) in [7, 11) is 1.66. The van der Waals surface area contributed by atoms with Crippen LogP contribution in [0.2, 0.25) is 0 Å². The van der Waals surface area contributed by atoms with Gasteiger partial charge in [0.2, 0.25) is 0 Å². The summed E-state index contributed by atoms with van der Waals surface area (Å²) in [6, 6.07) is 5.79. The number of nitrogens with one attached hydrogen (secondary N) is 1. The topological polar surface area (TPSA) is 60.5 Å². The van der Waals surface area contributed by atoms with Crippen LogP contribution in [0.4, 0.5) is 0 Å². The zero-order chi connectivity index (χ0) is 16.4. The zero-order valence-corrected chi connectivity index (χ0v) is 13.8. The average molecular weight is 314 g/mol. The molecule has 1 fully saturated rings. The van der Waals surface area contributed by atoms with Crippen molar-refractivity contribution in [3.8, 4) is 11.5 Å². The molecule has 3 rings (SSSR count). The molecule has 0 saturated carbocycles. The SMILES string of the molecule is CCc1c(OC2CNC(C=O)C2)c(C)nc2ccc(OC)cc12. The number of rotatable bonds is 5. The van der Waals surface area contributed by atoms with Gasteiger partial charge in [0.25, 0.3) is 0 Å². The Morgan fingerprint density at radius 3 is 2.91 bits per heavy atom. The molecule has 1 N–H and O–H groups in total. The Bertz CT molecular complexity index is 730. The minimum atomic E-state index is -0.112. The second-order valence-corrected chi connectivity index (χ2v) is 5.87. The first-order chi connectivity index (χ1) is 11.2. The number of aryl methyl sites for hydroxylation is 2. The number of nitrogens with zero attached hydrogens (tertiary/aromatic N) is 1. The number of carbonyl (C=O) groups excluding carboxylic acids is 1. The van der Waals surface area contributed by atoms with Gasteiger partial charge < -0.3 is 19.6 Å². The molecule has 1 saturated heterocycles. The lowest BCUT2D eigenvalue weighted by Crippen LogP contribution is -2.23. The van der Waals surface area contributed by atoms with Gasteiger partial charge in [-0.05, 0) is 31.5 Å². The quantitative estimate of drug-likeness (QED) is 0.859. The van der Waals surface area contributed by atoms with E-state index in [2.05, 4.69) is 17.2 Å². The van der Waals surface area contributed by atoms with Gasteiger partial charge in [-0.2, -0.15) is 0 Å². The fraction of sp³-hybridized carbons (Fsp3) is 0.444. The first kappa shape index (κ1) is 15.7. The summed E-state index contributed by atoms with van der Waals surface area (Å²) in [5.74, 6) is 1.65. The van der Waals surface area contributed by atoms with Gasteiger partial charge in [-0.25, -0.2) is 4.98 Å². The maximum Gasteiger partial charge on any atom is 0.144 e. The van der Waals surface area contributed by atoms with E-state index in [1.54, 1.807) is 7.11 Å². The van der Waals surface area contributed by atoms with Crippen LogP contribution in [0.1, 0.15) is 24.6 Å². The van der Waals surface area contributed by atoms with Gasteiger partial charge >= 0.3 is 0 Å². The molecule has 23 heavy (non-hydrogen) atoms. The van der Waals surface area contributed by atoms with Gasteiger partial charge in [0.15, 0.2) is 0 Å². The van der Waals surface area contributed by atoms with Gasteiger partial charge in [0, 0.05) is 23.9 Å². The molecule has 122 valence electrons. The number of benzene rings is 1. The van der Waals surface area contributed by atoms with Crippen molar-refractivity contribution >= 4 is 17.2 Å². The van der Waals surface area contributed by atoms with Crippen molar-refractivity contribution in [1.29, 1.82) is 0 Å². The van der Waals surface area contributed by atoms with Crippen LogP contribution in [0.5, 0.6) is 11.5 Å². The highest BCUT2D eigenvalue weighted by Crippen LogP contribution is 2.33. The zero-order valence-electron chi connectivity index (χ0n) is 13.8. The molecule has 1 aromatic heterocycles. The maximum absolute atomic E-state index is 10.9. The highest BCUT2D eigenvalue weighted by molar-refractivity contribution is 5.86. The predicted octanol–water partition coefficient (Wildman–Crippen LogP) is 2.42. The number of pyridine rings is 1. The monoisotopic (exact) mass is 314 g/mol. The summed E-state index contributed by atoms with van der Waals surface area (Å²) >= 11 is 0. The summed E-state index contributed by atoms with van der Waals surface area (Å²) in [4.78, 5) is 15.6. The van der Waals surface area contributed by atoms with E-state index in [0.29, 0.717) is 13.0 Å². The number of carbonyl (C=O) groups is 1. The van der Waals surface area contributed by atoms with E-state index in [9.17, 15) is 4.79 Å². The molecule has 5 heteroatoms. The Morgan fingerprint density at radius 1 is 1.43 bits per heavy atom. The van der Waals surface area contributed by atoms with E-state index in [4.69, 9.17) is 9.47 Å². The molecule has 0 spiro atoms. The molecule has 2 unspecified atom stereocenters. The summed E-state index contributed by atoms with van der Waals surface area (Å²) in [6.45, 7) is 4.77. The molecule has 0 bridgehead atoms. The van der Waals surface area contributed by atoms with Crippen LogP contribution in [0, 0.1) is 6.92 Å². The Morgan fingerprint density at radius 2 is 2.26 bits per heavy atom. The number of fused-ring (bicyclic) bond motifs is 1. The minimum Gasteiger partial charge on any atom is -0.497 e. The van der Waals surface area contributed by atoms with Crippen LogP contribution >= 0.6 is 0 Å². The van der Waals surface area contributed by atoms with Crippen LogP contribution in [0.25, 0.3) is 10.9 Å². The lowest BCUT2D eigenvalue weighted by molar-refractivity contribution is -0.109. The smallest absolute Gasteiger partial charge is 0.144 e. The van der Waals surface area contributed by atoms with Gasteiger partial charge in [-0.15, -0.1) is 0 Å². The van der Waals surface area contributed by atoms with Crippen LogP contribution in [0.3, 0.4) is 0 Å². The molecule has 0 radical (unpaired) electrons. The van der Waals surface area contributed by atoms with Gasteiger partial charge in [-0.1, -0.05) is 6.92 Å². The van der Waals surface area contributed by atoms with Crippen molar-refractivity contribution in [3.63, 3.8) is 0 Å². The van der Waals surface area contributed by atoms with Crippen molar-refractivity contribution in [2.75, 3.05) is 13.7 Å². The van der Waals surface area contributed by atoms with E-state index in [1.807, 2.05) is 25.1 Å². The highest BCUT2D eigenvalue weighted by atomic mass is 16.5. The number of methoxy groups -OCH3 is 1. The fourth-order valence-corrected chi connectivity index (χ4v) is 3.15. The predicted molar refractivity (Wildman–Crippen MR) is 89.3 cm³/mol. The summed E-state index contributed by atoms with van der Waals surface area (Å²) < 4.78 is 11.6. The van der Waals surface area contributed by atoms with E-state index in [-0.39, 0.29) is 12.1 Å². The van der Waals surface area contributed by atoms with E-state index in [0.717, 1.165) is 46.4 Å². The molecule has 2 aromatic rings. The molecule has 1 aliphatic heterocycles. The second-order valence-electron chi connectivity index (χ2n) is 5.87. The lowest BCUT2D eigenvalue weighted by Gasteiger charge is -2.19. The van der Waals surface area contributed by atoms with Crippen LogP contribution < -0.4 is 14.8 Å². The van der Waals surface area contributed by atoms with Crippen molar-refractivity contribution in [3.05, 3.63) is 29.5 Å². The van der Waals surface area contributed by atoms with Crippen LogP contribution in [-0.2, 0) is 11.2 Å². The molecular weight excluding hydrogens is 292 g/mol. The number of ether oxygens (including phenoxy) is 2. The Kier molecular flexibility index (Phi) is 4.48. The number of aldehydes is 1. The molecule has 1 aromatic carbocycles. The van der Waals surface area contributed by atoms with Crippen molar-refractivity contribution in [2.24, 2.45) is 0 Å². The van der Waals surface area contributed by atoms with Crippen molar-refractivity contribution < 1.29 is 14.3 Å². The molecule has 5 nitrogen and oxygen atoms in total. The first-order valence-electron chi connectivity index (χ1n) is 7.98. The standard InChI is InChI=1S/C18H22N2O3/c1-4-15-16-8-13(22-3)5-6-17(16)20-11(2)18(15)23-14-7-12(10-21)19-9-14/h5-6,8,10,12,14,19H,4,7,9H2,1-3H3. The summed E-state index contributed by atoms with van der Waals surface area (Å²) in [5, 5.41) is 4.22. The number of aromatic nitrogens is 1. The molecular formula is C18H22N2O3. The van der Waals surface area contributed by atoms with Crippen LogP contribution in [-0.4, -0.2) is 37.1 Å². The lowest BCUT2D eigenvalue weighted by atomic mass is 10.0. The highest BCUT2D eigenvalue weighted by Gasteiger charge is 2.26. The van der Waals surface area contributed by atoms with Gasteiger partial charge in [-0.3, -0.25) is 0 Å². The Balaban J connectivity index is 2.01. The molecule has 0 aliphatic carbocycles. The largest absolute Gasteiger partial charge is 0.497 e. The summed E-state index contributed by atoms with van der Waals surface area (Å²) in [5.41, 5.74) is 2.97. The van der Waals surface area contributed by atoms with Crippen molar-refractivity contribution in [1.82, 2.24) is 10.3 Å². The third-order valence-electron chi connectivity index (χ3n) is 4.35. The van der Waals surface area contributed by atoms with Crippen LogP contribution in [0.15, 0.2) is 18.2 Å². The molecule has 0 amide bonds. The summed E-state index contributed by atoms with van der Waals surface area (Å²) in [6.07, 6.45) is 2.49. The fourth-order valence-electron chi connectivity index (χ4n) is 3.15. The number of hydrogen-bond acceptors (Lipinski definition) is 5. The molecule has 2 atom stereocenters. The number of hydrogen-bond donors (Lipinski definition) is 1. The van der Waals surface area contributed by atoms with Gasteiger partial charge in [0.1, 0.15) is 23.9 Å². The Labute approximate surface area is 136 Å². The maximum atomic E-state index is 10.9. The van der Waals surface area contributed by atoms with E-state index >= 15 is 0 Å². The van der Waals surface area contributed by atoms with Crippen molar-refractivity contribution in [2.45, 2.75) is 38.8 Å². The minimum absolute atomic E-state index is 0.000872. The molecule has 1 aliphatic rings. The second kappa shape index (κ2) is 6.54. The first-order valence-corrected chi connectivity index (χ1v) is 7.98. The normalized spacial score (nSPS) is 20.7.